The molecule has 0 aliphatic heterocycles. The third kappa shape index (κ3) is 6.17. The van der Waals surface area contributed by atoms with E-state index in [1.165, 1.54) is 16.0 Å². The van der Waals surface area contributed by atoms with Crippen LogP contribution >= 0.6 is 23.1 Å². The number of benzene rings is 1. The van der Waals surface area contributed by atoms with Gasteiger partial charge in [-0.3, -0.25) is 4.99 Å². The Morgan fingerprint density at radius 3 is 2.54 bits per heavy atom. The predicted molar refractivity (Wildman–Crippen MR) is 107 cm³/mol. The first-order chi connectivity index (χ1) is 11.6. The molecule has 2 aromatic rings. The van der Waals surface area contributed by atoms with E-state index in [2.05, 4.69) is 58.7 Å². The van der Waals surface area contributed by atoms with Gasteiger partial charge in [0, 0.05) is 30.0 Å². The maximum absolute atomic E-state index is 4.54. The topological polar surface area (TPSA) is 49.3 Å². The van der Waals surface area contributed by atoms with E-state index in [0.29, 0.717) is 0 Å². The molecule has 4 nitrogen and oxygen atoms in total. The molecule has 130 valence electrons. The third-order valence-corrected chi connectivity index (χ3v) is 5.73. The molecule has 6 heteroatoms. The lowest BCUT2D eigenvalue weighted by Gasteiger charge is -2.10. The van der Waals surface area contributed by atoms with Crippen LogP contribution in [0.3, 0.4) is 0 Å². The second-order valence-electron chi connectivity index (χ2n) is 5.64. The number of nitrogens with one attached hydrogen (secondary N) is 2. The van der Waals surface area contributed by atoms with Crippen LogP contribution in [0.15, 0.2) is 29.3 Å². The van der Waals surface area contributed by atoms with Gasteiger partial charge in [0.25, 0.3) is 0 Å². The molecule has 0 radical (unpaired) electrons. The number of thioether (sulfide) groups is 1. The van der Waals surface area contributed by atoms with Crippen LogP contribution in [-0.2, 0) is 12.3 Å². The zero-order valence-corrected chi connectivity index (χ0v) is 16.5. The van der Waals surface area contributed by atoms with Crippen molar-refractivity contribution in [3.63, 3.8) is 0 Å². The summed E-state index contributed by atoms with van der Waals surface area (Å²) in [5.41, 5.74) is 3.81. The smallest absolute Gasteiger partial charge is 0.191 e. The van der Waals surface area contributed by atoms with Crippen LogP contribution in [0, 0.1) is 20.8 Å². The van der Waals surface area contributed by atoms with Crippen molar-refractivity contribution < 1.29 is 0 Å². The highest BCUT2D eigenvalue weighted by atomic mass is 32.2. The molecular formula is C18H26N4S2. The summed E-state index contributed by atoms with van der Waals surface area (Å²) in [6.45, 7) is 7.89. The van der Waals surface area contributed by atoms with E-state index >= 15 is 0 Å². The second-order valence-corrected chi connectivity index (χ2v) is 8.03. The van der Waals surface area contributed by atoms with Crippen molar-refractivity contribution in [1.29, 1.82) is 0 Å². The Labute approximate surface area is 153 Å². The van der Waals surface area contributed by atoms with Crippen LogP contribution in [0.2, 0.25) is 0 Å². The van der Waals surface area contributed by atoms with E-state index < -0.39 is 0 Å². The number of hydrogen-bond acceptors (Lipinski definition) is 4. The van der Waals surface area contributed by atoms with Crippen LogP contribution in [0.5, 0.6) is 0 Å². The standard InChI is InChI=1S/C18H26N4S2/c1-13-5-7-16(8-6-13)12-23-10-9-20-18(19-4)21-11-17-22-14(2)15(3)24-17/h5-8H,9-12H2,1-4H3,(H2,19,20,21). The summed E-state index contributed by atoms with van der Waals surface area (Å²) in [7, 11) is 1.80. The van der Waals surface area contributed by atoms with Crippen molar-refractivity contribution in [3.8, 4) is 0 Å². The van der Waals surface area contributed by atoms with E-state index in [0.717, 1.165) is 41.3 Å². The lowest BCUT2D eigenvalue weighted by molar-refractivity contribution is 0.824. The van der Waals surface area contributed by atoms with Crippen LogP contribution in [0.25, 0.3) is 0 Å². The summed E-state index contributed by atoms with van der Waals surface area (Å²) in [5.74, 6) is 2.92. The number of aliphatic imine (C=N–C) groups is 1. The van der Waals surface area contributed by atoms with Crippen molar-refractivity contribution >= 4 is 29.1 Å². The largest absolute Gasteiger partial charge is 0.356 e. The van der Waals surface area contributed by atoms with Gasteiger partial charge in [0.05, 0.1) is 12.2 Å². The molecule has 0 amide bonds. The highest BCUT2D eigenvalue weighted by Gasteiger charge is 2.04. The quantitative estimate of drug-likeness (QED) is 0.448. The summed E-state index contributed by atoms with van der Waals surface area (Å²) in [4.78, 5) is 10.1. The maximum Gasteiger partial charge on any atom is 0.191 e. The SMILES string of the molecule is CN=C(NCCSCc1ccc(C)cc1)NCc1nc(C)c(C)s1. The Kier molecular flexibility index (Phi) is 7.59. The van der Waals surface area contributed by atoms with Crippen LogP contribution < -0.4 is 10.6 Å². The summed E-state index contributed by atoms with van der Waals surface area (Å²) in [6, 6.07) is 8.74. The zero-order valence-electron chi connectivity index (χ0n) is 14.8. The molecule has 0 saturated heterocycles. The molecule has 0 bridgehead atoms. The summed E-state index contributed by atoms with van der Waals surface area (Å²) < 4.78 is 0. The lowest BCUT2D eigenvalue weighted by Crippen LogP contribution is -2.37. The second kappa shape index (κ2) is 9.69. The molecule has 0 spiro atoms. The van der Waals surface area contributed by atoms with Gasteiger partial charge in [-0.05, 0) is 26.3 Å². The number of guanidine groups is 1. The van der Waals surface area contributed by atoms with Crippen molar-refractivity contribution in [2.24, 2.45) is 4.99 Å². The number of nitrogens with zero attached hydrogens (tertiary/aromatic N) is 2. The minimum atomic E-state index is 0.718. The van der Waals surface area contributed by atoms with Gasteiger partial charge in [0.1, 0.15) is 5.01 Å². The molecule has 24 heavy (non-hydrogen) atoms. The predicted octanol–water partition coefficient (Wildman–Crippen LogP) is 3.67. The molecule has 0 aliphatic carbocycles. The molecule has 0 aliphatic rings. The van der Waals surface area contributed by atoms with Gasteiger partial charge in [-0.2, -0.15) is 11.8 Å². The van der Waals surface area contributed by atoms with Crippen molar-refractivity contribution in [1.82, 2.24) is 15.6 Å². The molecular weight excluding hydrogens is 336 g/mol. The van der Waals surface area contributed by atoms with E-state index in [9.17, 15) is 0 Å². The first-order valence-corrected chi connectivity index (χ1v) is 10.1. The van der Waals surface area contributed by atoms with Gasteiger partial charge in [-0.25, -0.2) is 4.98 Å². The molecule has 1 aromatic heterocycles. The third-order valence-electron chi connectivity index (χ3n) is 3.63. The Morgan fingerprint density at radius 1 is 1.17 bits per heavy atom. The van der Waals surface area contributed by atoms with Crippen LogP contribution in [-0.4, -0.2) is 30.3 Å². The van der Waals surface area contributed by atoms with Gasteiger partial charge >= 0.3 is 0 Å². The van der Waals surface area contributed by atoms with Gasteiger partial charge in [-0.15, -0.1) is 11.3 Å². The minimum Gasteiger partial charge on any atom is -0.356 e. The fraction of sp³-hybridized carbons (Fsp3) is 0.444. The molecule has 1 aromatic carbocycles. The van der Waals surface area contributed by atoms with E-state index in [-0.39, 0.29) is 0 Å². The Bertz CT molecular complexity index is 643. The Balaban J connectivity index is 1.63. The molecule has 2 N–H and O–H groups in total. The Morgan fingerprint density at radius 2 is 1.92 bits per heavy atom. The van der Waals surface area contributed by atoms with Gasteiger partial charge in [0.15, 0.2) is 5.96 Å². The van der Waals surface area contributed by atoms with Crippen molar-refractivity contribution in [2.45, 2.75) is 33.1 Å². The number of hydrogen-bond donors (Lipinski definition) is 2. The maximum atomic E-state index is 4.54. The molecule has 0 unspecified atom stereocenters. The first-order valence-electron chi connectivity index (χ1n) is 8.09. The van der Waals surface area contributed by atoms with Gasteiger partial charge in [-0.1, -0.05) is 29.8 Å². The van der Waals surface area contributed by atoms with Crippen molar-refractivity contribution in [2.75, 3.05) is 19.3 Å². The van der Waals surface area contributed by atoms with Crippen molar-refractivity contribution in [3.05, 3.63) is 51.0 Å². The molecule has 0 fully saturated rings. The average Bonchev–Trinajstić information content (AvgIpc) is 2.90. The van der Waals surface area contributed by atoms with Gasteiger partial charge < -0.3 is 10.6 Å². The number of aromatic nitrogens is 1. The summed E-state index contributed by atoms with van der Waals surface area (Å²) in [6.07, 6.45) is 0. The van der Waals surface area contributed by atoms with E-state index in [1.807, 2.05) is 18.7 Å². The molecule has 0 atom stereocenters. The van der Waals surface area contributed by atoms with Crippen LogP contribution in [0.1, 0.15) is 26.7 Å². The molecule has 2 rings (SSSR count). The fourth-order valence-corrected chi connectivity index (χ4v) is 3.80. The molecule has 0 saturated carbocycles. The summed E-state index contributed by atoms with van der Waals surface area (Å²) in [5, 5.41) is 7.77. The summed E-state index contributed by atoms with van der Waals surface area (Å²) >= 11 is 3.67. The monoisotopic (exact) mass is 362 g/mol. The number of rotatable bonds is 7. The normalized spacial score (nSPS) is 11.6. The first kappa shape index (κ1) is 18.8. The van der Waals surface area contributed by atoms with Gasteiger partial charge in [0.2, 0.25) is 0 Å². The number of aryl methyl sites for hydroxylation is 3. The zero-order chi connectivity index (χ0) is 17.4. The minimum absolute atomic E-state index is 0.718. The Hall–Kier alpha value is -1.53. The fourth-order valence-electron chi connectivity index (χ4n) is 2.11. The van der Waals surface area contributed by atoms with Crippen LogP contribution in [0.4, 0.5) is 0 Å². The molecule has 1 heterocycles. The highest BCUT2D eigenvalue weighted by molar-refractivity contribution is 7.98. The lowest BCUT2D eigenvalue weighted by atomic mass is 10.2. The highest BCUT2D eigenvalue weighted by Crippen LogP contribution is 2.16. The van der Waals surface area contributed by atoms with E-state index in [1.54, 1.807) is 18.4 Å². The average molecular weight is 363 g/mol. The van der Waals surface area contributed by atoms with E-state index in [4.69, 9.17) is 0 Å². The number of thiazole rings is 1.